The van der Waals surface area contributed by atoms with E-state index < -0.39 is 0 Å². The Balaban J connectivity index is 4.71. The highest BCUT2D eigenvalue weighted by atomic mass is 19.1. The van der Waals surface area contributed by atoms with Crippen molar-refractivity contribution in [2.45, 2.75) is 93.9 Å². The van der Waals surface area contributed by atoms with Gasteiger partial charge in [-0.2, -0.15) is 0 Å². The van der Waals surface area contributed by atoms with Gasteiger partial charge in [0.15, 0.2) is 0 Å². The van der Waals surface area contributed by atoms with Crippen LogP contribution in [0.15, 0.2) is 72.4 Å². The van der Waals surface area contributed by atoms with Crippen LogP contribution in [0.2, 0.25) is 0 Å². The fraction of sp³-hybridized carbons (Fsp3) is 0.625. The van der Waals surface area contributed by atoms with Crippen molar-refractivity contribution in [1.29, 1.82) is 0 Å². The molecule has 34 heavy (non-hydrogen) atoms. The van der Waals surface area contributed by atoms with E-state index in [1.807, 2.05) is 13.8 Å². The molecular formula is C32H52F2. The zero-order chi connectivity index (χ0) is 26.6. The van der Waals surface area contributed by atoms with E-state index in [-0.39, 0.29) is 29.4 Å². The summed E-state index contributed by atoms with van der Waals surface area (Å²) in [7, 11) is 0. The molecule has 0 aliphatic rings. The molecule has 5 atom stereocenters. The third-order valence-electron chi connectivity index (χ3n) is 7.46. The molecule has 0 spiro atoms. The van der Waals surface area contributed by atoms with Crippen molar-refractivity contribution in [1.82, 2.24) is 0 Å². The smallest absolute Gasteiger partial charge is 0.126 e. The molecule has 0 fully saturated rings. The summed E-state index contributed by atoms with van der Waals surface area (Å²) in [5.41, 5.74) is 2.46. The molecule has 2 heteroatoms. The molecule has 0 aromatic rings. The minimum absolute atomic E-state index is 0.00796. The zero-order valence-corrected chi connectivity index (χ0v) is 23.4. The Morgan fingerprint density at radius 2 is 0.971 bits per heavy atom. The fourth-order valence-electron chi connectivity index (χ4n) is 3.78. The SMILES string of the molecule is C=C(C)/C(F)=C\C(=C)C(C)CCC(C)C(=C)/C(F)=C\C(=C)C(C)CCC(C)C(C)CCC(C)C. The molecule has 194 valence electrons. The third-order valence-corrected chi connectivity index (χ3v) is 7.46. The molecule has 5 unspecified atom stereocenters. The topological polar surface area (TPSA) is 0 Å². The molecule has 0 N–H and O–H groups in total. The van der Waals surface area contributed by atoms with Gasteiger partial charge in [0.2, 0.25) is 0 Å². The summed E-state index contributed by atoms with van der Waals surface area (Å²) in [5, 5.41) is 0. The van der Waals surface area contributed by atoms with E-state index >= 15 is 0 Å². The van der Waals surface area contributed by atoms with Crippen LogP contribution in [0.1, 0.15) is 93.9 Å². The standard InChI is InChI=1S/C32H52F2/c1-21(2)13-14-23(5)24(6)15-16-25(7)29(11)20-32(34)30(12)27(9)18-17-26(8)28(10)19-31(33)22(3)4/h19-21,23-27H,3,10-18H2,1-2,4-9H3/b31-19+,32-20+. The summed E-state index contributed by atoms with van der Waals surface area (Å²) < 4.78 is 28.7. The van der Waals surface area contributed by atoms with Crippen molar-refractivity contribution in [2.24, 2.45) is 35.5 Å². The van der Waals surface area contributed by atoms with Crippen LogP contribution < -0.4 is 0 Å². The Hall–Kier alpha value is -1.70. The number of hydrogen-bond acceptors (Lipinski definition) is 0. The van der Waals surface area contributed by atoms with Crippen LogP contribution in [0, 0.1) is 35.5 Å². The van der Waals surface area contributed by atoms with Crippen LogP contribution in [0.4, 0.5) is 8.78 Å². The van der Waals surface area contributed by atoms with Gasteiger partial charge >= 0.3 is 0 Å². The lowest BCUT2D eigenvalue weighted by molar-refractivity contribution is 0.306. The van der Waals surface area contributed by atoms with Crippen molar-refractivity contribution in [3.63, 3.8) is 0 Å². The lowest BCUT2D eigenvalue weighted by Gasteiger charge is -2.23. The van der Waals surface area contributed by atoms with Gasteiger partial charge in [0.05, 0.1) is 0 Å². The van der Waals surface area contributed by atoms with Crippen LogP contribution in [-0.2, 0) is 0 Å². The molecule has 0 amide bonds. The largest absolute Gasteiger partial charge is 0.207 e. The Bertz CT molecular complexity index is 749. The van der Waals surface area contributed by atoms with E-state index in [1.165, 1.54) is 18.9 Å². The second kappa shape index (κ2) is 16.1. The molecule has 0 aromatic heterocycles. The van der Waals surface area contributed by atoms with Gasteiger partial charge < -0.3 is 0 Å². The molecule has 0 aliphatic heterocycles. The molecular weight excluding hydrogens is 422 g/mol. The monoisotopic (exact) mass is 474 g/mol. The molecule has 0 aromatic carbocycles. The van der Waals surface area contributed by atoms with Crippen molar-refractivity contribution in [2.75, 3.05) is 0 Å². The second-order valence-electron chi connectivity index (χ2n) is 11.2. The minimum Gasteiger partial charge on any atom is -0.207 e. The maximum atomic E-state index is 14.9. The Labute approximate surface area is 210 Å². The average Bonchev–Trinajstić information content (AvgIpc) is 2.77. The van der Waals surface area contributed by atoms with Crippen LogP contribution in [0.3, 0.4) is 0 Å². The van der Waals surface area contributed by atoms with Crippen molar-refractivity contribution >= 4 is 0 Å². The van der Waals surface area contributed by atoms with Gasteiger partial charge in [0, 0.05) is 0 Å². The van der Waals surface area contributed by atoms with E-state index in [4.69, 9.17) is 0 Å². The van der Waals surface area contributed by atoms with E-state index in [2.05, 4.69) is 60.9 Å². The fourth-order valence-corrected chi connectivity index (χ4v) is 3.78. The quantitative estimate of drug-likeness (QED) is 0.184. The summed E-state index contributed by atoms with van der Waals surface area (Å²) in [6, 6.07) is 0. The van der Waals surface area contributed by atoms with E-state index in [0.717, 1.165) is 42.7 Å². The summed E-state index contributed by atoms with van der Waals surface area (Å²) in [6.07, 6.45) is 9.27. The van der Waals surface area contributed by atoms with Crippen molar-refractivity contribution < 1.29 is 8.78 Å². The summed E-state index contributed by atoms with van der Waals surface area (Å²) in [4.78, 5) is 0. The van der Waals surface area contributed by atoms with E-state index in [1.54, 1.807) is 13.0 Å². The van der Waals surface area contributed by atoms with Crippen LogP contribution in [-0.4, -0.2) is 0 Å². The number of halogens is 2. The van der Waals surface area contributed by atoms with E-state index in [0.29, 0.717) is 23.0 Å². The normalized spacial score (nSPS) is 17.1. The molecule has 0 nitrogen and oxygen atoms in total. The van der Waals surface area contributed by atoms with Gasteiger partial charge in [0.1, 0.15) is 11.7 Å². The third kappa shape index (κ3) is 12.7. The summed E-state index contributed by atoms with van der Waals surface area (Å²) >= 11 is 0. The van der Waals surface area contributed by atoms with Gasteiger partial charge in [-0.15, -0.1) is 0 Å². The highest BCUT2D eigenvalue weighted by Gasteiger charge is 2.17. The summed E-state index contributed by atoms with van der Waals surface area (Å²) in [6.45, 7) is 32.7. The first kappa shape index (κ1) is 32.3. The molecule has 0 aliphatic carbocycles. The second-order valence-corrected chi connectivity index (χ2v) is 11.2. The maximum Gasteiger partial charge on any atom is 0.126 e. The number of allylic oxidation sites excluding steroid dienone is 8. The van der Waals surface area contributed by atoms with Crippen LogP contribution in [0.25, 0.3) is 0 Å². The Morgan fingerprint density at radius 3 is 1.41 bits per heavy atom. The first-order chi connectivity index (χ1) is 15.7. The van der Waals surface area contributed by atoms with Gasteiger partial charge in [-0.3, -0.25) is 0 Å². The Kier molecular flexibility index (Phi) is 15.3. The Morgan fingerprint density at radius 1 is 0.588 bits per heavy atom. The van der Waals surface area contributed by atoms with Gasteiger partial charge in [-0.25, -0.2) is 8.78 Å². The molecule has 0 saturated heterocycles. The number of rotatable bonds is 17. The van der Waals surface area contributed by atoms with Crippen LogP contribution in [0.5, 0.6) is 0 Å². The van der Waals surface area contributed by atoms with Gasteiger partial charge in [0.25, 0.3) is 0 Å². The van der Waals surface area contributed by atoms with Crippen molar-refractivity contribution in [3.8, 4) is 0 Å². The van der Waals surface area contributed by atoms with Gasteiger partial charge in [-0.05, 0) is 103 Å². The molecule has 0 saturated carbocycles. The predicted molar refractivity (Wildman–Crippen MR) is 149 cm³/mol. The highest BCUT2D eigenvalue weighted by Crippen LogP contribution is 2.31. The molecule has 0 rings (SSSR count). The first-order valence-electron chi connectivity index (χ1n) is 13.1. The molecule has 0 heterocycles. The average molecular weight is 475 g/mol. The first-order valence-corrected chi connectivity index (χ1v) is 13.1. The minimum atomic E-state index is -0.338. The maximum absolute atomic E-state index is 14.9. The number of hydrogen-bond donors (Lipinski definition) is 0. The van der Waals surface area contributed by atoms with Gasteiger partial charge in [-0.1, -0.05) is 87.6 Å². The van der Waals surface area contributed by atoms with Crippen LogP contribution >= 0.6 is 0 Å². The molecule has 0 bridgehead atoms. The zero-order valence-electron chi connectivity index (χ0n) is 23.4. The van der Waals surface area contributed by atoms with Crippen molar-refractivity contribution in [3.05, 3.63) is 72.4 Å². The lowest BCUT2D eigenvalue weighted by Crippen LogP contribution is -2.11. The summed E-state index contributed by atoms with van der Waals surface area (Å²) in [5.74, 6) is 1.85. The molecule has 0 radical (unpaired) electrons. The predicted octanol–water partition coefficient (Wildman–Crippen LogP) is 11.1. The van der Waals surface area contributed by atoms with E-state index in [9.17, 15) is 8.78 Å². The lowest BCUT2D eigenvalue weighted by atomic mass is 9.83. The highest BCUT2D eigenvalue weighted by molar-refractivity contribution is 5.32.